The summed E-state index contributed by atoms with van der Waals surface area (Å²) in [6.45, 7) is 8.20. The fourth-order valence-corrected chi connectivity index (χ4v) is 2.08. The van der Waals surface area contributed by atoms with Gasteiger partial charge in [-0.3, -0.25) is 9.59 Å². The van der Waals surface area contributed by atoms with Crippen molar-refractivity contribution in [2.45, 2.75) is 33.7 Å². The van der Waals surface area contributed by atoms with E-state index in [1.807, 2.05) is 20.8 Å². The van der Waals surface area contributed by atoms with Crippen LogP contribution in [0.4, 0.5) is 0 Å². The molecule has 1 aromatic heterocycles. The Bertz CT molecular complexity index is 531. The molecule has 0 radical (unpaired) electrons. The second-order valence-electron chi connectivity index (χ2n) is 5.58. The van der Waals surface area contributed by atoms with Gasteiger partial charge in [-0.2, -0.15) is 5.26 Å². The maximum Gasteiger partial charge on any atom is 0.287 e. The molecule has 0 saturated carbocycles. The third-order valence-corrected chi connectivity index (χ3v) is 3.37. The first-order chi connectivity index (χ1) is 10.4. The fraction of sp³-hybridized carbons (Fsp3) is 0.562. The molecule has 2 atom stereocenters. The van der Waals surface area contributed by atoms with Crippen LogP contribution in [0.25, 0.3) is 0 Å². The number of carbonyl (C=O) groups excluding carboxylic acids is 2. The van der Waals surface area contributed by atoms with Crippen molar-refractivity contribution in [1.29, 1.82) is 5.26 Å². The molecule has 22 heavy (non-hydrogen) atoms. The Balaban J connectivity index is 2.83. The van der Waals surface area contributed by atoms with E-state index in [2.05, 4.69) is 11.4 Å². The quantitative estimate of drug-likeness (QED) is 0.835. The highest BCUT2D eigenvalue weighted by Crippen LogP contribution is 2.10. The molecule has 1 aromatic rings. The van der Waals surface area contributed by atoms with Gasteiger partial charge in [0.15, 0.2) is 5.76 Å². The third-order valence-electron chi connectivity index (χ3n) is 3.37. The van der Waals surface area contributed by atoms with E-state index in [0.29, 0.717) is 13.1 Å². The minimum atomic E-state index is -0.650. The van der Waals surface area contributed by atoms with Crippen molar-refractivity contribution in [3.63, 3.8) is 0 Å². The monoisotopic (exact) mass is 305 g/mol. The van der Waals surface area contributed by atoms with E-state index < -0.39 is 11.9 Å². The van der Waals surface area contributed by atoms with Crippen LogP contribution in [0.3, 0.4) is 0 Å². The van der Waals surface area contributed by atoms with Gasteiger partial charge in [0, 0.05) is 13.1 Å². The summed E-state index contributed by atoms with van der Waals surface area (Å²) in [5, 5.41) is 11.6. The van der Waals surface area contributed by atoms with Crippen LogP contribution < -0.4 is 5.32 Å². The largest absolute Gasteiger partial charge is 0.459 e. The Labute approximate surface area is 131 Å². The van der Waals surface area contributed by atoms with Crippen LogP contribution in [0.5, 0.6) is 0 Å². The number of hydrogen-bond acceptors (Lipinski definition) is 4. The lowest BCUT2D eigenvalue weighted by atomic mass is 10.0. The number of nitrogens with one attached hydrogen (secondary N) is 1. The van der Waals surface area contributed by atoms with Gasteiger partial charge in [0.25, 0.3) is 5.91 Å². The summed E-state index contributed by atoms with van der Waals surface area (Å²) in [7, 11) is 0. The van der Waals surface area contributed by atoms with Gasteiger partial charge in [-0.1, -0.05) is 13.8 Å². The molecule has 0 fully saturated rings. The Morgan fingerprint density at radius 2 is 2.09 bits per heavy atom. The molecular formula is C16H23N3O3. The van der Waals surface area contributed by atoms with Gasteiger partial charge in [-0.25, -0.2) is 0 Å². The van der Waals surface area contributed by atoms with E-state index >= 15 is 0 Å². The molecule has 0 aliphatic heterocycles. The number of hydrogen-bond donors (Lipinski definition) is 1. The molecule has 0 aromatic carbocycles. The van der Waals surface area contributed by atoms with Gasteiger partial charge >= 0.3 is 0 Å². The van der Waals surface area contributed by atoms with Crippen LogP contribution in [0.2, 0.25) is 0 Å². The Morgan fingerprint density at radius 1 is 1.41 bits per heavy atom. The number of nitriles is 1. The van der Waals surface area contributed by atoms with Crippen molar-refractivity contribution in [1.82, 2.24) is 10.2 Å². The van der Waals surface area contributed by atoms with Crippen molar-refractivity contribution in [3.05, 3.63) is 24.2 Å². The topological polar surface area (TPSA) is 86.3 Å². The minimum Gasteiger partial charge on any atom is -0.459 e. The van der Waals surface area contributed by atoms with Crippen molar-refractivity contribution in [3.8, 4) is 6.07 Å². The number of likely N-dealkylation sites (N-methyl/N-ethyl adjacent to an activating group) is 1. The number of furan rings is 1. The maximum atomic E-state index is 12.6. The predicted octanol–water partition coefficient (Wildman–Crippen LogP) is 2.04. The zero-order chi connectivity index (χ0) is 16.7. The zero-order valence-corrected chi connectivity index (χ0v) is 13.5. The molecule has 6 nitrogen and oxygen atoms in total. The molecule has 0 saturated heterocycles. The van der Waals surface area contributed by atoms with Gasteiger partial charge < -0.3 is 14.6 Å². The van der Waals surface area contributed by atoms with Gasteiger partial charge in [-0.15, -0.1) is 0 Å². The summed E-state index contributed by atoms with van der Waals surface area (Å²) in [5.41, 5.74) is 0. The molecule has 1 heterocycles. The number of amides is 2. The first-order valence-corrected chi connectivity index (χ1v) is 7.43. The predicted molar refractivity (Wildman–Crippen MR) is 81.8 cm³/mol. The molecule has 0 aliphatic rings. The average molecular weight is 305 g/mol. The number of rotatable bonds is 7. The smallest absolute Gasteiger partial charge is 0.287 e. The second-order valence-corrected chi connectivity index (χ2v) is 5.58. The molecule has 0 unspecified atom stereocenters. The van der Waals surface area contributed by atoms with Crippen molar-refractivity contribution >= 4 is 11.8 Å². The van der Waals surface area contributed by atoms with Crippen LogP contribution in [0.1, 0.15) is 38.2 Å². The van der Waals surface area contributed by atoms with E-state index in [1.54, 1.807) is 24.0 Å². The summed E-state index contributed by atoms with van der Waals surface area (Å²) in [5.74, 6) is -0.747. The Morgan fingerprint density at radius 3 is 2.55 bits per heavy atom. The van der Waals surface area contributed by atoms with Crippen LogP contribution in [0.15, 0.2) is 22.8 Å². The lowest BCUT2D eigenvalue weighted by Gasteiger charge is -2.29. The van der Waals surface area contributed by atoms with Crippen LogP contribution in [-0.4, -0.2) is 35.8 Å². The van der Waals surface area contributed by atoms with E-state index in [0.717, 1.165) is 0 Å². The number of carbonyl (C=O) groups is 2. The molecule has 6 heteroatoms. The molecule has 120 valence electrons. The van der Waals surface area contributed by atoms with E-state index in [1.165, 1.54) is 6.26 Å². The summed E-state index contributed by atoms with van der Waals surface area (Å²) in [4.78, 5) is 26.3. The summed E-state index contributed by atoms with van der Waals surface area (Å²) >= 11 is 0. The molecule has 1 rings (SSSR count). The van der Waals surface area contributed by atoms with Gasteiger partial charge in [0.1, 0.15) is 6.04 Å². The van der Waals surface area contributed by atoms with Gasteiger partial charge in [0.2, 0.25) is 5.91 Å². The fourth-order valence-electron chi connectivity index (χ4n) is 2.08. The average Bonchev–Trinajstić information content (AvgIpc) is 3.03. The van der Waals surface area contributed by atoms with Crippen LogP contribution >= 0.6 is 0 Å². The van der Waals surface area contributed by atoms with Crippen molar-refractivity contribution in [2.75, 3.05) is 13.1 Å². The second kappa shape index (κ2) is 8.23. The highest BCUT2D eigenvalue weighted by molar-refractivity contribution is 5.95. The lowest BCUT2D eigenvalue weighted by Crippen LogP contribution is -2.52. The van der Waals surface area contributed by atoms with Crippen molar-refractivity contribution in [2.24, 2.45) is 11.8 Å². The lowest BCUT2D eigenvalue weighted by molar-refractivity contribution is -0.134. The first kappa shape index (κ1) is 17.8. The van der Waals surface area contributed by atoms with Crippen LogP contribution in [-0.2, 0) is 4.79 Å². The maximum absolute atomic E-state index is 12.6. The summed E-state index contributed by atoms with van der Waals surface area (Å²) in [6, 6.07) is 4.64. The van der Waals surface area contributed by atoms with E-state index in [4.69, 9.17) is 9.68 Å². The zero-order valence-electron chi connectivity index (χ0n) is 13.5. The molecular weight excluding hydrogens is 282 g/mol. The molecule has 2 amide bonds. The first-order valence-electron chi connectivity index (χ1n) is 7.43. The van der Waals surface area contributed by atoms with Gasteiger partial charge in [0.05, 0.1) is 18.3 Å². The normalized spacial score (nSPS) is 13.3. The highest BCUT2D eigenvalue weighted by Gasteiger charge is 2.29. The van der Waals surface area contributed by atoms with Crippen molar-refractivity contribution < 1.29 is 14.0 Å². The summed E-state index contributed by atoms with van der Waals surface area (Å²) in [6.07, 6.45) is 1.41. The minimum absolute atomic E-state index is 0.0714. The molecule has 1 N–H and O–H groups in total. The van der Waals surface area contributed by atoms with E-state index in [9.17, 15) is 9.59 Å². The van der Waals surface area contributed by atoms with Crippen LogP contribution in [0, 0.1) is 23.2 Å². The molecule has 0 aliphatic carbocycles. The highest BCUT2D eigenvalue weighted by atomic mass is 16.3. The molecule has 0 bridgehead atoms. The molecule has 0 spiro atoms. The Kier molecular flexibility index (Phi) is 6.64. The van der Waals surface area contributed by atoms with E-state index in [-0.39, 0.29) is 23.5 Å². The summed E-state index contributed by atoms with van der Waals surface area (Å²) < 4.78 is 5.04. The Hall–Kier alpha value is -2.29. The third kappa shape index (κ3) is 4.62. The van der Waals surface area contributed by atoms with Gasteiger partial charge in [-0.05, 0) is 31.9 Å². The standard InChI is InChI=1S/C16H23N3O3/c1-5-19(10-12(4)9-17)16(21)14(11(2)3)18-15(20)13-7-6-8-22-13/h6-8,11-12,14H,5,10H2,1-4H3,(H,18,20)/t12-,14-/m0/s1. The SMILES string of the molecule is CCN(C[C@@H](C)C#N)C(=O)[C@@H](NC(=O)c1ccco1)C(C)C. The number of nitrogens with zero attached hydrogens (tertiary/aromatic N) is 2.